The molecule has 0 aromatic heterocycles. The third kappa shape index (κ3) is 4.94. The van der Waals surface area contributed by atoms with Crippen LogP contribution in [0.3, 0.4) is 0 Å². The van der Waals surface area contributed by atoms with Crippen LogP contribution in [-0.4, -0.2) is 40.8 Å². The second kappa shape index (κ2) is 7.10. The van der Waals surface area contributed by atoms with Crippen LogP contribution in [0.5, 0.6) is 0 Å². The number of aliphatic hydroxyl groups is 1. The summed E-state index contributed by atoms with van der Waals surface area (Å²) in [5.41, 5.74) is 5.84. The van der Waals surface area contributed by atoms with Crippen molar-refractivity contribution in [2.24, 2.45) is 5.73 Å². The summed E-state index contributed by atoms with van der Waals surface area (Å²) in [7, 11) is 0. The number of rotatable bonds is 6. The molecule has 0 aliphatic heterocycles. The number of benzene rings is 1. The number of amides is 3. The van der Waals surface area contributed by atoms with Crippen LogP contribution < -0.4 is 16.4 Å². The summed E-state index contributed by atoms with van der Waals surface area (Å²) in [6, 6.07) is 5.39. The van der Waals surface area contributed by atoms with Crippen LogP contribution in [-0.2, 0) is 4.79 Å². The molecule has 20 heavy (non-hydrogen) atoms. The summed E-state index contributed by atoms with van der Waals surface area (Å²) < 4.78 is 0. The summed E-state index contributed by atoms with van der Waals surface area (Å²) in [5.74, 6) is -1.90. The largest absolute Gasteiger partial charge is 0.479 e. The first kappa shape index (κ1) is 15.4. The first-order valence-electron chi connectivity index (χ1n) is 5.75. The molecule has 8 heteroatoms. The van der Waals surface area contributed by atoms with Crippen molar-refractivity contribution in [1.82, 2.24) is 5.32 Å². The zero-order valence-electron chi connectivity index (χ0n) is 10.5. The van der Waals surface area contributed by atoms with Crippen molar-refractivity contribution >= 4 is 23.6 Å². The van der Waals surface area contributed by atoms with Crippen molar-refractivity contribution in [1.29, 1.82) is 0 Å². The highest BCUT2D eigenvalue weighted by Crippen LogP contribution is 2.08. The molecule has 108 valence electrons. The number of hydrogen-bond donors (Lipinski definition) is 5. The zero-order chi connectivity index (χ0) is 15.1. The van der Waals surface area contributed by atoms with E-state index in [0.717, 1.165) is 0 Å². The van der Waals surface area contributed by atoms with E-state index in [1.54, 1.807) is 0 Å². The molecule has 0 saturated heterocycles. The first-order chi connectivity index (χ1) is 9.40. The number of aliphatic hydroxyl groups excluding tert-OH is 1. The van der Waals surface area contributed by atoms with Crippen molar-refractivity contribution in [2.45, 2.75) is 12.5 Å². The maximum atomic E-state index is 11.4. The molecular formula is C12H15N3O5. The van der Waals surface area contributed by atoms with E-state index < -0.39 is 24.0 Å². The van der Waals surface area contributed by atoms with Gasteiger partial charge in [0.05, 0.1) is 0 Å². The van der Waals surface area contributed by atoms with Gasteiger partial charge < -0.3 is 26.6 Å². The molecule has 1 rings (SSSR count). The lowest BCUT2D eigenvalue weighted by Gasteiger charge is -2.09. The second-order valence-electron chi connectivity index (χ2n) is 3.97. The number of nitrogens with two attached hydrogens (primary N) is 1. The van der Waals surface area contributed by atoms with Gasteiger partial charge in [0.15, 0.2) is 6.10 Å². The summed E-state index contributed by atoms with van der Waals surface area (Å²) in [4.78, 5) is 32.6. The van der Waals surface area contributed by atoms with Crippen molar-refractivity contribution in [3.05, 3.63) is 29.8 Å². The summed E-state index contributed by atoms with van der Waals surface area (Å²) >= 11 is 0. The van der Waals surface area contributed by atoms with Gasteiger partial charge in [0, 0.05) is 24.2 Å². The van der Waals surface area contributed by atoms with Gasteiger partial charge in [-0.25, -0.2) is 9.59 Å². The minimum absolute atomic E-state index is 0.0126. The van der Waals surface area contributed by atoms with Gasteiger partial charge in [-0.05, 0) is 24.3 Å². The summed E-state index contributed by atoms with van der Waals surface area (Å²) in [5, 5.41) is 22.3. The molecule has 0 saturated carbocycles. The van der Waals surface area contributed by atoms with E-state index in [4.69, 9.17) is 15.9 Å². The minimum Gasteiger partial charge on any atom is -0.479 e. The monoisotopic (exact) mass is 281 g/mol. The van der Waals surface area contributed by atoms with E-state index in [0.29, 0.717) is 11.3 Å². The average molecular weight is 281 g/mol. The van der Waals surface area contributed by atoms with Crippen LogP contribution in [0, 0.1) is 0 Å². The lowest BCUT2D eigenvalue weighted by molar-refractivity contribution is -0.146. The lowest BCUT2D eigenvalue weighted by atomic mass is 10.2. The van der Waals surface area contributed by atoms with Crippen LogP contribution >= 0.6 is 0 Å². The number of carbonyl (C=O) groups is 3. The van der Waals surface area contributed by atoms with Crippen molar-refractivity contribution in [3.8, 4) is 0 Å². The van der Waals surface area contributed by atoms with E-state index >= 15 is 0 Å². The Bertz CT molecular complexity index is 500. The van der Waals surface area contributed by atoms with Crippen molar-refractivity contribution < 1.29 is 24.6 Å². The highest BCUT2D eigenvalue weighted by molar-refractivity contribution is 5.94. The number of carboxylic acids is 1. The Labute approximate surface area is 114 Å². The van der Waals surface area contributed by atoms with E-state index in [1.807, 2.05) is 0 Å². The number of nitrogens with one attached hydrogen (secondary N) is 2. The molecule has 0 heterocycles. The zero-order valence-corrected chi connectivity index (χ0v) is 10.5. The fourth-order valence-electron chi connectivity index (χ4n) is 1.34. The van der Waals surface area contributed by atoms with Gasteiger partial charge in [0.2, 0.25) is 5.91 Å². The molecule has 1 atom stereocenters. The number of urea groups is 1. The molecule has 0 bridgehead atoms. The fourth-order valence-corrected chi connectivity index (χ4v) is 1.34. The normalized spacial score (nSPS) is 11.4. The predicted molar refractivity (Wildman–Crippen MR) is 70.2 cm³/mol. The van der Waals surface area contributed by atoms with Crippen LogP contribution in [0.15, 0.2) is 24.3 Å². The van der Waals surface area contributed by atoms with Crippen LogP contribution in [0.1, 0.15) is 16.8 Å². The van der Waals surface area contributed by atoms with Gasteiger partial charge in [-0.15, -0.1) is 0 Å². The molecule has 8 nitrogen and oxygen atoms in total. The Balaban J connectivity index is 2.39. The summed E-state index contributed by atoms with van der Waals surface area (Å²) in [6.07, 6.45) is -1.60. The highest BCUT2D eigenvalue weighted by atomic mass is 16.4. The van der Waals surface area contributed by atoms with Crippen LogP contribution in [0.25, 0.3) is 0 Å². The van der Waals surface area contributed by atoms with Gasteiger partial charge in [-0.1, -0.05) is 0 Å². The quantitative estimate of drug-likeness (QED) is 0.488. The third-order valence-electron chi connectivity index (χ3n) is 2.42. The molecular weight excluding hydrogens is 266 g/mol. The Morgan fingerprint density at radius 2 is 1.80 bits per heavy atom. The number of carbonyl (C=O) groups excluding carboxylic acids is 2. The second-order valence-corrected chi connectivity index (χ2v) is 3.97. The number of hydrogen-bond acceptors (Lipinski definition) is 4. The molecule has 0 fully saturated rings. The molecule has 0 aliphatic rings. The van der Waals surface area contributed by atoms with Crippen molar-refractivity contribution in [2.75, 3.05) is 11.9 Å². The molecule has 3 amide bonds. The number of aliphatic carboxylic acids is 1. The molecule has 0 radical (unpaired) electrons. The van der Waals surface area contributed by atoms with Gasteiger partial charge >= 0.3 is 12.0 Å². The standard InChI is InChI=1S/C12H15N3O5/c13-10(17)7-1-3-8(4-2-7)15-12(20)14-6-5-9(16)11(18)19/h1-4,9,16H,5-6H2,(H2,13,17)(H,18,19)(H2,14,15,20)/t9-/m0/s1. The number of primary amides is 1. The highest BCUT2D eigenvalue weighted by Gasteiger charge is 2.12. The van der Waals surface area contributed by atoms with E-state index in [1.165, 1.54) is 24.3 Å². The maximum absolute atomic E-state index is 11.4. The van der Waals surface area contributed by atoms with Gasteiger partial charge in [0.25, 0.3) is 0 Å². The van der Waals surface area contributed by atoms with Crippen LogP contribution in [0.4, 0.5) is 10.5 Å². The molecule has 0 spiro atoms. The Morgan fingerprint density at radius 3 is 2.30 bits per heavy atom. The van der Waals surface area contributed by atoms with E-state index in [-0.39, 0.29) is 13.0 Å². The lowest BCUT2D eigenvalue weighted by Crippen LogP contribution is -2.33. The third-order valence-corrected chi connectivity index (χ3v) is 2.42. The Hall–Kier alpha value is -2.61. The summed E-state index contributed by atoms with van der Waals surface area (Å²) in [6.45, 7) is 0.0126. The van der Waals surface area contributed by atoms with Gasteiger partial charge in [-0.3, -0.25) is 4.79 Å². The topological polar surface area (TPSA) is 142 Å². The minimum atomic E-state index is -1.51. The van der Waals surface area contributed by atoms with Gasteiger partial charge in [0.1, 0.15) is 0 Å². The SMILES string of the molecule is NC(=O)c1ccc(NC(=O)NCC[C@H](O)C(=O)O)cc1. The fraction of sp³-hybridized carbons (Fsp3) is 0.250. The maximum Gasteiger partial charge on any atom is 0.332 e. The van der Waals surface area contributed by atoms with Crippen molar-refractivity contribution in [3.63, 3.8) is 0 Å². The van der Waals surface area contributed by atoms with Gasteiger partial charge in [-0.2, -0.15) is 0 Å². The Kier molecular flexibility index (Phi) is 5.48. The predicted octanol–water partition coefficient (Wildman–Crippen LogP) is -0.257. The average Bonchev–Trinajstić information content (AvgIpc) is 2.39. The molecule has 0 unspecified atom stereocenters. The van der Waals surface area contributed by atoms with E-state index in [2.05, 4.69) is 10.6 Å². The number of carboxylic acid groups (broad SMARTS) is 1. The molecule has 1 aromatic rings. The smallest absolute Gasteiger partial charge is 0.332 e. The molecule has 1 aromatic carbocycles. The first-order valence-corrected chi connectivity index (χ1v) is 5.75. The molecule has 6 N–H and O–H groups in total. The number of anilines is 1. The van der Waals surface area contributed by atoms with Crippen LogP contribution in [0.2, 0.25) is 0 Å². The van der Waals surface area contributed by atoms with E-state index in [9.17, 15) is 14.4 Å². The Morgan fingerprint density at radius 1 is 1.20 bits per heavy atom. The molecule has 0 aliphatic carbocycles.